The zero-order valence-corrected chi connectivity index (χ0v) is 18.6. The number of hydrogen-bond acceptors (Lipinski definition) is 6. The van der Waals surface area contributed by atoms with Crippen molar-refractivity contribution in [3.63, 3.8) is 0 Å². The fourth-order valence-electron chi connectivity index (χ4n) is 5.68. The number of ether oxygens (including phenoxy) is 2. The van der Waals surface area contributed by atoms with Crippen LogP contribution in [0.5, 0.6) is 5.75 Å². The summed E-state index contributed by atoms with van der Waals surface area (Å²) in [5.74, 6) is 1.71. The molecule has 3 fully saturated rings. The minimum atomic E-state index is -2.95. The molecule has 0 unspecified atom stereocenters. The largest absolute Gasteiger partial charge is 0.431 e. The molecule has 0 bridgehead atoms. The molecule has 0 amide bonds. The number of nitrogen functional groups attached to an aromatic ring is 1. The minimum Gasteiger partial charge on any atom is -0.431 e. The van der Waals surface area contributed by atoms with Crippen molar-refractivity contribution in [1.82, 2.24) is 19.7 Å². The van der Waals surface area contributed by atoms with E-state index in [0.717, 1.165) is 32.7 Å². The SMILES string of the molecule is CC(C)n1nc(-c2cnc(N)c(OC(F)F)c2)cc1[C@H]1[C@@H]2C[C@H](N3CCCOCC3)C[C@@H]21. The molecule has 9 heteroatoms. The summed E-state index contributed by atoms with van der Waals surface area (Å²) in [4.78, 5) is 6.65. The molecule has 2 saturated carbocycles. The zero-order chi connectivity index (χ0) is 22.4. The van der Waals surface area contributed by atoms with Crippen LogP contribution in [0.1, 0.15) is 50.8 Å². The third-order valence-corrected chi connectivity index (χ3v) is 7.18. The van der Waals surface area contributed by atoms with Gasteiger partial charge in [-0.25, -0.2) is 4.98 Å². The second kappa shape index (κ2) is 8.59. The molecule has 1 saturated heterocycles. The summed E-state index contributed by atoms with van der Waals surface area (Å²) in [5, 5.41) is 4.81. The first-order valence-electron chi connectivity index (χ1n) is 11.5. The fraction of sp³-hybridized carbons (Fsp3) is 0.652. The zero-order valence-electron chi connectivity index (χ0n) is 18.6. The van der Waals surface area contributed by atoms with E-state index in [-0.39, 0.29) is 17.6 Å². The molecule has 2 aromatic rings. The van der Waals surface area contributed by atoms with Gasteiger partial charge in [0.05, 0.1) is 12.3 Å². The van der Waals surface area contributed by atoms with E-state index in [1.807, 2.05) is 0 Å². The third kappa shape index (κ3) is 4.08. The van der Waals surface area contributed by atoms with Gasteiger partial charge in [-0.05, 0) is 57.1 Å². The van der Waals surface area contributed by atoms with Crippen LogP contribution < -0.4 is 10.5 Å². The van der Waals surface area contributed by atoms with E-state index in [0.29, 0.717) is 35.1 Å². The van der Waals surface area contributed by atoms with Gasteiger partial charge in [0, 0.05) is 55.2 Å². The van der Waals surface area contributed by atoms with Crippen LogP contribution in [-0.2, 0) is 4.74 Å². The molecule has 0 radical (unpaired) electrons. The van der Waals surface area contributed by atoms with Crippen LogP contribution >= 0.6 is 0 Å². The summed E-state index contributed by atoms with van der Waals surface area (Å²) in [6.07, 6.45) is 5.13. The number of pyridine rings is 1. The van der Waals surface area contributed by atoms with E-state index >= 15 is 0 Å². The van der Waals surface area contributed by atoms with Crippen LogP contribution in [0.4, 0.5) is 14.6 Å². The van der Waals surface area contributed by atoms with Gasteiger partial charge < -0.3 is 15.2 Å². The lowest BCUT2D eigenvalue weighted by Gasteiger charge is -2.28. The molecule has 2 N–H and O–H groups in total. The van der Waals surface area contributed by atoms with Gasteiger partial charge in [-0.3, -0.25) is 9.58 Å². The second-order valence-electron chi connectivity index (χ2n) is 9.46. The molecular formula is C23H31F2N5O2. The molecular weight excluding hydrogens is 416 g/mol. The Hall–Kier alpha value is -2.26. The Morgan fingerprint density at radius 1 is 1.16 bits per heavy atom. The minimum absolute atomic E-state index is 0.0563. The van der Waals surface area contributed by atoms with Crippen LogP contribution in [-0.4, -0.2) is 58.6 Å². The van der Waals surface area contributed by atoms with Gasteiger partial charge >= 0.3 is 6.61 Å². The smallest absolute Gasteiger partial charge is 0.387 e. The summed E-state index contributed by atoms with van der Waals surface area (Å²) in [6, 6.07) is 4.46. The summed E-state index contributed by atoms with van der Waals surface area (Å²) in [5.41, 5.74) is 8.27. The molecule has 0 aromatic carbocycles. The number of alkyl halides is 2. The van der Waals surface area contributed by atoms with Gasteiger partial charge in [0.2, 0.25) is 0 Å². The molecule has 1 aliphatic heterocycles. The molecule has 174 valence electrons. The number of aromatic nitrogens is 3. The summed E-state index contributed by atoms with van der Waals surface area (Å²) in [6.45, 7) is 5.17. The number of nitrogens with zero attached hydrogens (tertiary/aromatic N) is 4. The second-order valence-corrected chi connectivity index (χ2v) is 9.46. The lowest BCUT2D eigenvalue weighted by Crippen LogP contribution is -2.36. The van der Waals surface area contributed by atoms with Crippen molar-refractivity contribution in [2.24, 2.45) is 11.8 Å². The Kier molecular flexibility index (Phi) is 5.79. The Bertz CT molecular complexity index is 946. The molecule has 0 spiro atoms. The predicted molar refractivity (Wildman–Crippen MR) is 117 cm³/mol. The molecule has 32 heavy (non-hydrogen) atoms. The normalized spacial score (nSPS) is 28.2. The Morgan fingerprint density at radius 3 is 2.66 bits per heavy atom. The number of halogens is 2. The maximum absolute atomic E-state index is 12.7. The van der Waals surface area contributed by atoms with Crippen molar-refractivity contribution in [1.29, 1.82) is 0 Å². The van der Waals surface area contributed by atoms with E-state index < -0.39 is 6.61 Å². The molecule has 3 aliphatic rings. The summed E-state index contributed by atoms with van der Waals surface area (Å²) >= 11 is 0. The molecule has 4 atom stereocenters. The maximum Gasteiger partial charge on any atom is 0.387 e. The Morgan fingerprint density at radius 2 is 1.94 bits per heavy atom. The molecule has 7 nitrogen and oxygen atoms in total. The van der Waals surface area contributed by atoms with Crippen molar-refractivity contribution in [2.75, 3.05) is 32.0 Å². The highest BCUT2D eigenvalue weighted by Crippen LogP contribution is 2.64. The maximum atomic E-state index is 12.7. The molecule has 5 rings (SSSR count). The number of anilines is 1. The predicted octanol–water partition coefficient (Wildman–Crippen LogP) is 3.92. The van der Waals surface area contributed by atoms with E-state index in [1.165, 1.54) is 24.6 Å². The van der Waals surface area contributed by atoms with Crippen LogP contribution in [0.25, 0.3) is 11.3 Å². The lowest BCUT2D eigenvalue weighted by atomic mass is 10.0. The van der Waals surface area contributed by atoms with Gasteiger partial charge in [-0.15, -0.1) is 0 Å². The van der Waals surface area contributed by atoms with Crippen LogP contribution in [0.3, 0.4) is 0 Å². The topological polar surface area (TPSA) is 78.4 Å². The molecule has 2 aromatic heterocycles. The van der Waals surface area contributed by atoms with Crippen LogP contribution in [0, 0.1) is 11.8 Å². The number of rotatable bonds is 6. The first-order chi connectivity index (χ1) is 15.4. The van der Waals surface area contributed by atoms with Crippen molar-refractivity contribution in [3.8, 4) is 17.0 Å². The van der Waals surface area contributed by atoms with E-state index in [2.05, 4.69) is 39.2 Å². The Labute approximate surface area is 186 Å². The summed E-state index contributed by atoms with van der Waals surface area (Å²) in [7, 11) is 0. The van der Waals surface area contributed by atoms with Crippen LogP contribution in [0.2, 0.25) is 0 Å². The number of fused-ring (bicyclic) bond motifs is 1. The van der Waals surface area contributed by atoms with Crippen LogP contribution in [0.15, 0.2) is 18.3 Å². The first kappa shape index (κ1) is 21.6. The van der Waals surface area contributed by atoms with Crippen molar-refractivity contribution < 1.29 is 18.3 Å². The Balaban J connectivity index is 1.35. The average molecular weight is 448 g/mol. The average Bonchev–Trinajstić information content (AvgIpc) is 3.08. The number of hydrogen-bond donors (Lipinski definition) is 1. The quantitative estimate of drug-likeness (QED) is 0.723. The third-order valence-electron chi connectivity index (χ3n) is 7.18. The first-order valence-corrected chi connectivity index (χ1v) is 11.5. The number of nitrogens with two attached hydrogens (primary N) is 1. The van der Waals surface area contributed by atoms with E-state index in [4.69, 9.17) is 15.6 Å². The van der Waals surface area contributed by atoms with Gasteiger partial charge in [0.25, 0.3) is 0 Å². The molecule has 2 aliphatic carbocycles. The standard InChI is InChI=1S/C23H31F2N5O2/c1-13(2)30-19(11-18(28-30)14-8-20(32-23(24)25)22(26)27-12-14)21-16-9-15(10-17(16)21)29-4-3-6-31-7-5-29/h8,11-13,15-17,21,23H,3-7,9-10H2,1-2H3,(H2,26,27)/t15-,16+,17-,21-. The van der Waals surface area contributed by atoms with Gasteiger partial charge in [-0.1, -0.05) is 0 Å². The van der Waals surface area contributed by atoms with E-state index in [1.54, 1.807) is 6.20 Å². The van der Waals surface area contributed by atoms with Crippen molar-refractivity contribution in [3.05, 3.63) is 24.0 Å². The van der Waals surface area contributed by atoms with Gasteiger partial charge in [0.15, 0.2) is 11.6 Å². The van der Waals surface area contributed by atoms with Crippen molar-refractivity contribution in [2.45, 2.75) is 57.7 Å². The lowest BCUT2D eigenvalue weighted by molar-refractivity contribution is -0.0494. The monoisotopic (exact) mass is 447 g/mol. The van der Waals surface area contributed by atoms with Gasteiger partial charge in [-0.2, -0.15) is 13.9 Å². The highest BCUT2D eigenvalue weighted by Gasteiger charge is 2.58. The molecule has 3 heterocycles. The fourth-order valence-corrected chi connectivity index (χ4v) is 5.68. The van der Waals surface area contributed by atoms with E-state index in [9.17, 15) is 8.78 Å². The highest BCUT2D eigenvalue weighted by molar-refractivity contribution is 5.64. The summed E-state index contributed by atoms with van der Waals surface area (Å²) < 4.78 is 37.6. The van der Waals surface area contributed by atoms with Crippen molar-refractivity contribution >= 4 is 5.82 Å². The highest BCUT2D eigenvalue weighted by atomic mass is 19.3. The van der Waals surface area contributed by atoms with Gasteiger partial charge in [0.1, 0.15) is 0 Å².